The second-order valence-electron chi connectivity index (χ2n) is 1.46. The summed E-state index contributed by atoms with van der Waals surface area (Å²) in [7, 11) is 0. The molecule has 0 radical (unpaired) electrons. The van der Waals surface area contributed by atoms with Crippen LogP contribution < -0.4 is 0 Å². The topological polar surface area (TPSA) is 9.23 Å². The standard InChI is InChI=1S/C6H13O/c1-3-5-6-7-4-2/h4H,3,5-6H2,1-2H3/q-1. The summed E-state index contributed by atoms with van der Waals surface area (Å²) in [6, 6.07) is 0. The highest BCUT2D eigenvalue weighted by Gasteiger charge is 1.73. The predicted molar refractivity (Wildman–Crippen MR) is 30.8 cm³/mol. The molecule has 0 saturated carbocycles. The maximum Gasteiger partial charge on any atom is 0.0112 e. The van der Waals surface area contributed by atoms with Crippen molar-refractivity contribution in [2.75, 3.05) is 6.61 Å². The molecule has 44 valence electrons. The van der Waals surface area contributed by atoms with Crippen LogP contribution in [0.25, 0.3) is 0 Å². The van der Waals surface area contributed by atoms with E-state index in [1.54, 1.807) is 6.61 Å². The first kappa shape index (κ1) is 6.96. The first-order valence-electron chi connectivity index (χ1n) is 2.81. The Labute approximate surface area is 45.7 Å². The van der Waals surface area contributed by atoms with Gasteiger partial charge in [-0.05, 0) is 6.42 Å². The highest BCUT2D eigenvalue weighted by molar-refractivity contribution is 4.35. The molecule has 0 rings (SSSR count). The zero-order valence-electron chi connectivity index (χ0n) is 5.11. The summed E-state index contributed by atoms with van der Waals surface area (Å²) in [4.78, 5) is 0. The molecule has 0 heterocycles. The summed E-state index contributed by atoms with van der Waals surface area (Å²) in [5.41, 5.74) is 0. The number of hydrogen-bond donors (Lipinski definition) is 0. The Hall–Kier alpha value is -0.0400. The molecule has 7 heavy (non-hydrogen) atoms. The van der Waals surface area contributed by atoms with E-state index >= 15 is 0 Å². The van der Waals surface area contributed by atoms with Crippen molar-refractivity contribution in [1.29, 1.82) is 0 Å². The fourth-order valence-electron chi connectivity index (χ4n) is 0.346. The average Bonchev–Trinajstić information content (AvgIpc) is 1.69. The van der Waals surface area contributed by atoms with Crippen LogP contribution >= 0.6 is 0 Å². The van der Waals surface area contributed by atoms with Crippen molar-refractivity contribution in [3.63, 3.8) is 0 Å². The third-order valence-corrected chi connectivity index (χ3v) is 0.782. The predicted octanol–water partition coefficient (Wildman–Crippen LogP) is 1.98. The first-order chi connectivity index (χ1) is 3.41. The third kappa shape index (κ3) is 5.96. The lowest BCUT2D eigenvalue weighted by Crippen LogP contribution is -1.86. The van der Waals surface area contributed by atoms with Gasteiger partial charge in [-0.2, -0.15) is 6.92 Å². The second-order valence-corrected chi connectivity index (χ2v) is 1.46. The summed E-state index contributed by atoms with van der Waals surface area (Å²) in [6.07, 6.45) is 2.39. The van der Waals surface area contributed by atoms with E-state index in [-0.39, 0.29) is 0 Å². The molecule has 1 heteroatoms. The van der Waals surface area contributed by atoms with Crippen molar-refractivity contribution in [3.8, 4) is 0 Å². The van der Waals surface area contributed by atoms with Crippen LogP contribution in [0, 0.1) is 6.61 Å². The van der Waals surface area contributed by atoms with E-state index < -0.39 is 0 Å². The molecule has 0 amide bonds. The van der Waals surface area contributed by atoms with Gasteiger partial charge in [-0.25, -0.2) is 6.61 Å². The monoisotopic (exact) mass is 101 g/mol. The van der Waals surface area contributed by atoms with Crippen molar-refractivity contribution in [2.45, 2.75) is 26.7 Å². The van der Waals surface area contributed by atoms with E-state index in [0.717, 1.165) is 6.61 Å². The number of rotatable bonds is 4. The normalized spacial score (nSPS) is 9.43. The molecule has 0 aliphatic heterocycles. The summed E-state index contributed by atoms with van der Waals surface area (Å²) in [5, 5.41) is 0. The Morgan fingerprint density at radius 1 is 1.57 bits per heavy atom. The lowest BCUT2D eigenvalue weighted by atomic mass is 10.4. The van der Waals surface area contributed by atoms with Gasteiger partial charge < -0.3 is 4.74 Å². The molecular formula is C6H13O-. The third-order valence-electron chi connectivity index (χ3n) is 0.782. The van der Waals surface area contributed by atoms with Gasteiger partial charge in [-0.3, -0.25) is 0 Å². The van der Waals surface area contributed by atoms with Crippen molar-refractivity contribution in [3.05, 3.63) is 6.61 Å². The molecule has 0 fully saturated rings. The first-order valence-corrected chi connectivity index (χ1v) is 2.81. The molecule has 1 nitrogen and oxygen atoms in total. The Morgan fingerprint density at radius 2 is 2.29 bits per heavy atom. The zero-order valence-corrected chi connectivity index (χ0v) is 5.11. The molecule has 0 aliphatic carbocycles. The lowest BCUT2D eigenvalue weighted by molar-refractivity contribution is 0.200. The van der Waals surface area contributed by atoms with Gasteiger partial charge in [0.05, 0.1) is 0 Å². The molecule has 0 unspecified atom stereocenters. The van der Waals surface area contributed by atoms with Gasteiger partial charge in [0.15, 0.2) is 0 Å². The number of hydrogen-bond acceptors (Lipinski definition) is 1. The van der Waals surface area contributed by atoms with Gasteiger partial charge >= 0.3 is 0 Å². The lowest BCUT2D eigenvalue weighted by Gasteiger charge is -2.06. The van der Waals surface area contributed by atoms with Crippen molar-refractivity contribution < 1.29 is 4.74 Å². The molecule has 0 N–H and O–H groups in total. The minimum atomic E-state index is 0.882. The van der Waals surface area contributed by atoms with Crippen LogP contribution in [0.4, 0.5) is 0 Å². The Kier molecular flexibility index (Phi) is 5.93. The van der Waals surface area contributed by atoms with Crippen LogP contribution in [0.5, 0.6) is 0 Å². The molecule has 0 saturated heterocycles. The fraction of sp³-hybridized carbons (Fsp3) is 0.833. The smallest absolute Gasteiger partial charge is 0.0112 e. The van der Waals surface area contributed by atoms with Crippen LogP contribution in [0.15, 0.2) is 0 Å². The van der Waals surface area contributed by atoms with Crippen molar-refractivity contribution >= 4 is 0 Å². The second kappa shape index (κ2) is 5.96. The quantitative estimate of drug-likeness (QED) is 0.388. The molecule has 0 atom stereocenters. The summed E-state index contributed by atoms with van der Waals surface area (Å²) >= 11 is 0. The van der Waals surface area contributed by atoms with E-state index in [2.05, 4.69) is 6.92 Å². The van der Waals surface area contributed by atoms with Gasteiger partial charge in [0.2, 0.25) is 0 Å². The van der Waals surface area contributed by atoms with Gasteiger partial charge in [0.1, 0.15) is 0 Å². The van der Waals surface area contributed by atoms with E-state index in [1.807, 2.05) is 6.92 Å². The average molecular weight is 101 g/mol. The van der Waals surface area contributed by atoms with Crippen LogP contribution in [-0.4, -0.2) is 6.61 Å². The maximum absolute atomic E-state index is 4.95. The molecule has 0 bridgehead atoms. The summed E-state index contributed by atoms with van der Waals surface area (Å²) in [6.45, 7) is 6.66. The van der Waals surface area contributed by atoms with E-state index in [4.69, 9.17) is 4.74 Å². The van der Waals surface area contributed by atoms with Crippen LogP contribution in [-0.2, 0) is 4.74 Å². The van der Waals surface area contributed by atoms with E-state index in [1.165, 1.54) is 12.8 Å². The van der Waals surface area contributed by atoms with E-state index in [9.17, 15) is 0 Å². The minimum Gasteiger partial charge on any atom is -0.552 e. The Bertz CT molecular complexity index is 23.4. The summed E-state index contributed by atoms with van der Waals surface area (Å²) in [5.74, 6) is 0. The van der Waals surface area contributed by atoms with Crippen molar-refractivity contribution in [1.82, 2.24) is 0 Å². The minimum absolute atomic E-state index is 0.882. The zero-order chi connectivity index (χ0) is 5.54. The Morgan fingerprint density at radius 3 is 2.71 bits per heavy atom. The molecule has 0 aromatic heterocycles. The van der Waals surface area contributed by atoms with Gasteiger partial charge in [-0.15, -0.1) is 0 Å². The number of unbranched alkanes of at least 4 members (excludes halogenated alkanes) is 1. The largest absolute Gasteiger partial charge is 0.552 e. The molecule has 0 aliphatic rings. The fourth-order valence-corrected chi connectivity index (χ4v) is 0.346. The highest BCUT2D eigenvalue weighted by atomic mass is 16.5. The molecule has 0 aromatic carbocycles. The van der Waals surface area contributed by atoms with Crippen LogP contribution in [0.1, 0.15) is 26.7 Å². The van der Waals surface area contributed by atoms with E-state index in [0.29, 0.717) is 0 Å². The van der Waals surface area contributed by atoms with Gasteiger partial charge in [0, 0.05) is 6.61 Å². The molecule has 0 aromatic rings. The van der Waals surface area contributed by atoms with Crippen molar-refractivity contribution in [2.24, 2.45) is 0 Å². The Balaban J connectivity index is 2.45. The maximum atomic E-state index is 4.95. The van der Waals surface area contributed by atoms with Gasteiger partial charge in [-0.1, -0.05) is 13.3 Å². The summed E-state index contributed by atoms with van der Waals surface area (Å²) < 4.78 is 4.95. The SMILES string of the molecule is C[CH-]OCCCC. The molecular weight excluding hydrogens is 88.1 g/mol. The molecule has 0 spiro atoms. The van der Waals surface area contributed by atoms with Gasteiger partial charge in [0.25, 0.3) is 0 Å². The highest BCUT2D eigenvalue weighted by Crippen LogP contribution is 1.87. The van der Waals surface area contributed by atoms with Crippen LogP contribution in [0.3, 0.4) is 0 Å². The number of ether oxygens (including phenoxy) is 1. The van der Waals surface area contributed by atoms with Crippen LogP contribution in [0.2, 0.25) is 0 Å².